The first kappa shape index (κ1) is 28.1. The second-order valence-electron chi connectivity index (χ2n) is 9.03. The minimum absolute atomic E-state index is 0.0186. The Morgan fingerprint density at radius 1 is 1.06 bits per heavy atom. The summed E-state index contributed by atoms with van der Waals surface area (Å²) in [5.74, 6) is 0.903. The zero-order chi connectivity index (χ0) is 22.7. The van der Waals surface area contributed by atoms with Gasteiger partial charge in [-0.15, -0.1) is 0 Å². The van der Waals surface area contributed by atoms with Gasteiger partial charge in [-0.1, -0.05) is 58.6 Å². The molecule has 182 valence electrons. The first-order chi connectivity index (χ1) is 15.1. The number of hydrogen-bond acceptors (Lipinski definition) is 4. The van der Waals surface area contributed by atoms with Gasteiger partial charge in [-0.2, -0.15) is 0 Å². The van der Waals surface area contributed by atoms with Crippen LogP contribution in [0.4, 0.5) is 0 Å². The van der Waals surface area contributed by atoms with Crippen molar-refractivity contribution in [3.05, 3.63) is 12.2 Å². The zero-order valence-corrected chi connectivity index (χ0v) is 20.6. The number of ether oxygens (including phenoxy) is 1. The van der Waals surface area contributed by atoms with Gasteiger partial charge in [0, 0.05) is 13.2 Å². The summed E-state index contributed by atoms with van der Waals surface area (Å²) in [4.78, 5) is 14.2. The summed E-state index contributed by atoms with van der Waals surface area (Å²) < 4.78 is 5.55. The molecular weight excluding hydrogens is 388 g/mol. The van der Waals surface area contributed by atoms with E-state index in [1.165, 1.54) is 32.1 Å². The van der Waals surface area contributed by atoms with Crippen LogP contribution in [0.5, 0.6) is 0 Å². The molecule has 0 spiro atoms. The Bertz CT molecular complexity index is 466. The standard InChI is InChI=1S/C26H50N2O3/c1-4-7-8-9-10-11-15-23-17-18-25(29)24(23)16-12-13-21-31-22-26(30)27-19-14-20-28(5-2)6-3/h11,15,23-25,29H,4-10,12-14,16-22H2,1-3H3,(H,27,30)/t23-,24+,25+/m0/s1. The number of unbranched alkanes of at least 4 members (excludes halogenated alkanes) is 5. The van der Waals surface area contributed by atoms with E-state index in [0.717, 1.165) is 58.2 Å². The predicted molar refractivity (Wildman–Crippen MR) is 130 cm³/mol. The number of carbonyl (C=O) groups is 1. The maximum atomic E-state index is 11.8. The molecule has 0 aromatic heterocycles. The molecule has 1 saturated carbocycles. The molecule has 0 unspecified atom stereocenters. The fourth-order valence-corrected chi connectivity index (χ4v) is 4.55. The van der Waals surface area contributed by atoms with Gasteiger partial charge in [0.1, 0.15) is 6.61 Å². The first-order valence-electron chi connectivity index (χ1n) is 13.0. The van der Waals surface area contributed by atoms with Gasteiger partial charge in [0.2, 0.25) is 5.91 Å². The molecule has 0 heterocycles. The van der Waals surface area contributed by atoms with Crippen LogP contribution < -0.4 is 5.32 Å². The minimum atomic E-state index is -0.155. The van der Waals surface area contributed by atoms with Gasteiger partial charge in [-0.25, -0.2) is 0 Å². The monoisotopic (exact) mass is 438 g/mol. The van der Waals surface area contributed by atoms with Crippen molar-refractivity contribution in [1.29, 1.82) is 0 Å². The van der Waals surface area contributed by atoms with E-state index in [2.05, 4.69) is 43.1 Å². The molecule has 0 radical (unpaired) electrons. The number of aliphatic hydroxyl groups is 1. The Morgan fingerprint density at radius 2 is 1.87 bits per heavy atom. The Hall–Kier alpha value is -0.910. The van der Waals surface area contributed by atoms with Crippen LogP contribution in [-0.4, -0.2) is 61.4 Å². The van der Waals surface area contributed by atoms with E-state index in [4.69, 9.17) is 4.74 Å². The lowest BCUT2D eigenvalue weighted by Crippen LogP contribution is -2.32. The lowest BCUT2D eigenvalue weighted by Gasteiger charge is -2.19. The summed E-state index contributed by atoms with van der Waals surface area (Å²) in [5, 5.41) is 13.3. The lowest BCUT2D eigenvalue weighted by atomic mass is 9.89. The number of amides is 1. The van der Waals surface area contributed by atoms with Crippen molar-refractivity contribution in [2.75, 3.05) is 39.4 Å². The van der Waals surface area contributed by atoms with Crippen molar-refractivity contribution in [1.82, 2.24) is 10.2 Å². The van der Waals surface area contributed by atoms with E-state index in [1.807, 2.05) is 0 Å². The summed E-state index contributed by atoms with van der Waals surface area (Å²) in [6.45, 7) is 11.2. The highest BCUT2D eigenvalue weighted by Crippen LogP contribution is 2.36. The number of aliphatic hydroxyl groups excluding tert-OH is 1. The number of nitrogens with one attached hydrogen (secondary N) is 1. The van der Waals surface area contributed by atoms with Gasteiger partial charge in [0.15, 0.2) is 0 Å². The number of allylic oxidation sites excluding steroid dienone is 2. The molecule has 1 fully saturated rings. The second kappa shape index (κ2) is 18.6. The SMILES string of the molecule is CCCCCCC=C[C@H]1CC[C@@H](O)[C@@H]1CCCCOCC(=O)NCCCN(CC)CC. The molecule has 1 rings (SSSR count). The average Bonchev–Trinajstić information content (AvgIpc) is 3.12. The minimum Gasteiger partial charge on any atom is -0.393 e. The van der Waals surface area contributed by atoms with E-state index in [-0.39, 0.29) is 18.6 Å². The maximum Gasteiger partial charge on any atom is 0.245 e. The highest BCUT2D eigenvalue weighted by atomic mass is 16.5. The van der Waals surface area contributed by atoms with Crippen LogP contribution in [0.1, 0.15) is 91.4 Å². The number of nitrogens with zero attached hydrogens (tertiary/aromatic N) is 1. The summed E-state index contributed by atoms with van der Waals surface area (Å²) in [7, 11) is 0. The molecule has 1 amide bonds. The Labute approximate surface area is 192 Å². The average molecular weight is 439 g/mol. The summed E-state index contributed by atoms with van der Waals surface area (Å²) in [6.07, 6.45) is 17.0. The van der Waals surface area contributed by atoms with Crippen LogP contribution in [0.2, 0.25) is 0 Å². The van der Waals surface area contributed by atoms with E-state index >= 15 is 0 Å². The van der Waals surface area contributed by atoms with Crippen molar-refractivity contribution in [3.63, 3.8) is 0 Å². The Morgan fingerprint density at radius 3 is 2.61 bits per heavy atom. The van der Waals surface area contributed by atoms with Crippen molar-refractivity contribution >= 4 is 5.91 Å². The third-order valence-electron chi connectivity index (χ3n) is 6.62. The Kier molecular flexibility index (Phi) is 16.9. The summed E-state index contributed by atoms with van der Waals surface area (Å²) in [5.41, 5.74) is 0. The van der Waals surface area contributed by atoms with Crippen LogP contribution in [0.15, 0.2) is 12.2 Å². The highest BCUT2D eigenvalue weighted by molar-refractivity contribution is 5.77. The Balaban J connectivity index is 2.07. The van der Waals surface area contributed by atoms with E-state index in [0.29, 0.717) is 25.0 Å². The van der Waals surface area contributed by atoms with Gasteiger partial charge in [0.05, 0.1) is 6.10 Å². The quantitative estimate of drug-likeness (QED) is 0.222. The van der Waals surface area contributed by atoms with E-state index < -0.39 is 0 Å². The van der Waals surface area contributed by atoms with Crippen LogP contribution in [-0.2, 0) is 9.53 Å². The third-order valence-corrected chi connectivity index (χ3v) is 6.62. The second-order valence-corrected chi connectivity index (χ2v) is 9.03. The molecular formula is C26H50N2O3. The molecule has 5 heteroatoms. The molecule has 0 saturated heterocycles. The molecule has 5 nitrogen and oxygen atoms in total. The van der Waals surface area contributed by atoms with Crippen molar-refractivity contribution in [2.24, 2.45) is 11.8 Å². The molecule has 31 heavy (non-hydrogen) atoms. The molecule has 0 bridgehead atoms. The third kappa shape index (κ3) is 13.3. The molecule has 1 aliphatic carbocycles. The van der Waals surface area contributed by atoms with Gasteiger partial charge in [-0.3, -0.25) is 4.79 Å². The van der Waals surface area contributed by atoms with Crippen LogP contribution in [0, 0.1) is 11.8 Å². The number of rotatable bonds is 19. The smallest absolute Gasteiger partial charge is 0.245 e. The summed E-state index contributed by atoms with van der Waals surface area (Å²) >= 11 is 0. The molecule has 3 atom stereocenters. The number of carbonyl (C=O) groups excluding carboxylic acids is 1. The highest BCUT2D eigenvalue weighted by Gasteiger charge is 2.32. The molecule has 0 aromatic rings. The van der Waals surface area contributed by atoms with Gasteiger partial charge >= 0.3 is 0 Å². The fraction of sp³-hybridized carbons (Fsp3) is 0.885. The topological polar surface area (TPSA) is 61.8 Å². The van der Waals surface area contributed by atoms with Crippen LogP contribution in [0.3, 0.4) is 0 Å². The molecule has 0 aliphatic heterocycles. The van der Waals surface area contributed by atoms with Crippen molar-refractivity contribution in [2.45, 2.75) is 97.5 Å². The molecule has 1 aliphatic rings. The predicted octanol–water partition coefficient (Wildman–Crippen LogP) is 4.94. The van der Waals surface area contributed by atoms with Crippen molar-refractivity contribution < 1.29 is 14.6 Å². The number of hydrogen-bond donors (Lipinski definition) is 2. The molecule has 2 N–H and O–H groups in total. The normalized spacial score (nSPS) is 21.4. The first-order valence-corrected chi connectivity index (χ1v) is 13.0. The van der Waals surface area contributed by atoms with Gasteiger partial charge in [0.25, 0.3) is 0 Å². The molecule has 0 aromatic carbocycles. The summed E-state index contributed by atoms with van der Waals surface area (Å²) in [6, 6.07) is 0. The fourth-order valence-electron chi connectivity index (χ4n) is 4.55. The largest absolute Gasteiger partial charge is 0.393 e. The van der Waals surface area contributed by atoms with E-state index in [1.54, 1.807) is 0 Å². The van der Waals surface area contributed by atoms with Crippen molar-refractivity contribution in [3.8, 4) is 0 Å². The lowest BCUT2D eigenvalue weighted by molar-refractivity contribution is -0.125. The van der Waals surface area contributed by atoms with E-state index in [9.17, 15) is 9.90 Å². The van der Waals surface area contributed by atoms with Crippen LogP contribution >= 0.6 is 0 Å². The van der Waals surface area contributed by atoms with Gasteiger partial charge < -0.3 is 20.1 Å². The zero-order valence-electron chi connectivity index (χ0n) is 20.6. The van der Waals surface area contributed by atoms with Gasteiger partial charge in [-0.05, 0) is 76.4 Å². The maximum absolute atomic E-state index is 11.8. The van der Waals surface area contributed by atoms with Crippen LogP contribution in [0.25, 0.3) is 0 Å².